The quantitative estimate of drug-likeness (QED) is 0.681. The Morgan fingerprint density at radius 3 is 2.65 bits per heavy atom. The molecular formula is C16H19N7O3. The Kier molecular flexibility index (Phi) is 4.57. The highest BCUT2D eigenvalue weighted by Gasteiger charge is 2.17. The van der Waals surface area contributed by atoms with Crippen LogP contribution in [0.15, 0.2) is 31.0 Å². The van der Waals surface area contributed by atoms with Gasteiger partial charge in [0.15, 0.2) is 0 Å². The number of aromatic nitrogens is 6. The molecule has 10 heteroatoms. The fourth-order valence-corrected chi connectivity index (χ4v) is 2.48. The lowest BCUT2D eigenvalue weighted by molar-refractivity contribution is -0.140. The van der Waals surface area contributed by atoms with E-state index in [0.717, 1.165) is 11.3 Å². The summed E-state index contributed by atoms with van der Waals surface area (Å²) in [4.78, 5) is 23.3. The zero-order chi connectivity index (χ0) is 18.8. The third-order valence-electron chi connectivity index (χ3n) is 3.96. The van der Waals surface area contributed by atoms with Gasteiger partial charge in [0.1, 0.15) is 6.04 Å². The standard InChI is InChI=1S/C16H19N7O3/c1-10-13(6-21(3)20-10)7-22-9-14(5-17-22)19-15(24)12-4-18-23(8-12)11(2)16(25)26/h4-6,8-9,11H,7H2,1-3H3,(H,19,24)(H,25,26). The van der Waals surface area contributed by atoms with E-state index in [4.69, 9.17) is 5.11 Å². The summed E-state index contributed by atoms with van der Waals surface area (Å²) in [5.74, 6) is -1.40. The Labute approximate surface area is 149 Å². The van der Waals surface area contributed by atoms with Crippen molar-refractivity contribution in [2.45, 2.75) is 26.4 Å². The molecule has 0 radical (unpaired) electrons. The molecule has 3 rings (SSSR count). The lowest BCUT2D eigenvalue weighted by Gasteiger charge is -2.05. The maximum atomic E-state index is 12.3. The van der Waals surface area contributed by atoms with E-state index in [1.54, 1.807) is 21.8 Å². The molecule has 0 aliphatic carbocycles. The summed E-state index contributed by atoms with van der Waals surface area (Å²) in [7, 11) is 1.86. The van der Waals surface area contributed by atoms with Crippen molar-refractivity contribution >= 4 is 17.6 Å². The van der Waals surface area contributed by atoms with E-state index in [9.17, 15) is 9.59 Å². The predicted octanol–water partition coefficient (Wildman–Crippen LogP) is 1.07. The van der Waals surface area contributed by atoms with Gasteiger partial charge in [-0.3, -0.25) is 18.8 Å². The van der Waals surface area contributed by atoms with Crippen molar-refractivity contribution in [3.8, 4) is 0 Å². The van der Waals surface area contributed by atoms with E-state index in [0.29, 0.717) is 12.2 Å². The van der Waals surface area contributed by atoms with Crippen molar-refractivity contribution in [2.24, 2.45) is 7.05 Å². The van der Waals surface area contributed by atoms with Gasteiger partial charge in [0.25, 0.3) is 5.91 Å². The number of aryl methyl sites for hydroxylation is 2. The molecule has 1 atom stereocenters. The molecule has 0 aromatic carbocycles. The molecule has 2 N–H and O–H groups in total. The average molecular weight is 357 g/mol. The summed E-state index contributed by atoms with van der Waals surface area (Å²) >= 11 is 0. The van der Waals surface area contributed by atoms with E-state index in [1.165, 1.54) is 24.0 Å². The van der Waals surface area contributed by atoms with Crippen LogP contribution >= 0.6 is 0 Å². The number of amides is 1. The second-order valence-electron chi connectivity index (χ2n) is 6.02. The number of aliphatic carboxylic acids is 1. The number of nitrogens with zero attached hydrogens (tertiary/aromatic N) is 6. The number of nitrogens with one attached hydrogen (secondary N) is 1. The van der Waals surface area contributed by atoms with Crippen molar-refractivity contribution in [3.63, 3.8) is 0 Å². The van der Waals surface area contributed by atoms with Crippen LogP contribution < -0.4 is 5.32 Å². The maximum Gasteiger partial charge on any atom is 0.328 e. The number of rotatable bonds is 6. The van der Waals surface area contributed by atoms with Gasteiger partial charge in [0.05, 0.1) is 35.9 Å². The van der Waals surface area contributed by atoms with Gasteiger partial charge in [-0.1, -0.05) is 0 Å². The number of hydrogen-bond acceptors (Lipinski definition) is 5. The van der Waals surface area contributed by atoms with Crippen LogP contribution in [0.3, 0.4) is 0 Å². The second kappa shape index (κ2) is 6.82. The van der Waals surface area contributed by atoms with Crippen LogP contribution in [0, 0.1) is 6.92 Å². The van der Waals surface area contributed by atoms with Gasteiger partial charge in [-0.2, -0.15) is 15.3 Å². The first-order valence-corrected chi connectivity index (χ1v) is 7.93. The Hall–Kier alpha value is -3.43. The first-order valence-electron chi connectivity index (χ1n) is 7.93. The zero-order valence-electron chi connectivity index (χ0n) is 14.6. The molecule has 3 heterocycles. The maximum absolute atomic E-state index is 12.3. The van der Waals surface area contributed by atoms with Crippen molar-refractivity contribution in [1.29, 1.82) is 0 Å². The fourth-order valence-electron chi connectivity index (χ4n) is 2.48. The van der Waals surface area contributed by atoms with E-state index in [2.05, 4.69) is 20.6 Å². The lowest BCUT2D eigenvalue weighted by atomic mass is 10.3. The molecule has 0 saturated heterocycles. The first-order chi connectivity index (χ1) is 12.3. The van der Waals surface area contributed by atoms with Crippen LogP contribution in [-0.2, 0) is 18.4 Å². The molecule has 0 spiro atoms. The van der Waals surface area contributed by atoms with Gasteiger partial charge < -0.3 is 10.4 Å². The number of carboxylic acid groups (broad SMARTS) is 1. The third-order valence-corrected chi connectivity index (χ3v) is 3.96. The molecule has 0 aliphatic heterocycles. The molecule has 0 saturated carbocycles. The Bertz CT molecular complexity index is 953. The topological polar surface area (TPSA) is 120 Å². The van der Waals surface area contributed by atoms with Crippen molar-refractivity contribution < 1.29 is 14.7 Å². The Morgan fingerprint density at radius 1 is 1.23 bits per heavy atom. The van der Waals surface area contributed by atoms with Crippen LogP contribution in [-0.4, -0.2) is 46.3 Å². The van der Waals surface area contributed by atoms with Crippen LogP contribution in [0.4, 0.5) is 5.69 Å². The summed E-state index contributed by atoms with van der Waals surface area (Å²) < 4.78 is 4.67. The molecule has 3 aromatic heterocycles. The van der Waals surface area contributed by atoms with Gasteiger partial charge >= 0.3 is 5.97 Å². The van der Waals surface area contributed by atoms with E-state index >= 15 is 0 Å². The van der Waals surface area contributed by atoms with Crippen LogP contribution in [0.5, 0.6) is 0 Å². The largest absolute Gasteiger partial charge is 0.480 e. The monoisotopic (exact) mass is 357 g/mol. The van der Waals surface area contributed by atoms with Crippen molar-refractivity contribution in [3.05, 3.63) is 47.8 Å². The highest BCUT2D eigenvalue weighted by molar-refractivity contribution is 6.03. The molecule has 3 aromatic rings. The third kappa shape index (κ3) is 3.63. The van der Waals surface area contributed by atoms with Crippen molar-refractivity contribution in [1.82, 2.24) is 29.3 Å². The summed E-state index contributed by atoms with van der Waals surface area (Å²) in [5, 5.41) is 24.1. The predicted molar refractivity (Wildman–Crippen MR) is 91.8 cm³/mol. The molecule has 0 bridgehead atoms. The number of carboxylic acids is 1. The summed E-state index contributed by atoms with van der Waals surface area (Å²) in [6.07, 6.45) is 7.92. The summed E-state index contributed by atoms with van der Waals surface area (Å²) in [6, 6.07) is -0.845. The minimum atomic E-state index is -1.02. The number of carbonyl (C=O) groups is 2. The molecule has 0 fully saturated rings. The zero-order valence-corrected chi connectivity index (χ0v) is 14.6. The van der Waals surface area contributed by atoms with E-state index in [1.807, 2.05) is 20.2 Å². The lowest BCUT2D eigenvalue weighted by Crippen LogP contribution is -2.16. The molecule has 1 amide bonds. The van der Waals surface area contributed by atoms with Crippen LogP contribution in [0.2, 0.25) is 0 Å². The molecule has 1 unspecified atom stereocenters. The van der Waals surface area contributed by atoms with Gasteiger partial charge in [-0.05, 0) is 13.8 Å². The van der Waals surface area contributed by atoms with E-state index < -0.39 is 12.0 Å². The number of hydrogen-bond donors (Lipinski definition) is 2. The molecule has 136 valence electrons. The van der Waals surface area contributed by atoms with Gasteiger partial charge in [0.2, 0.25) is 0 Å². The Balaban J connectivity index is 1.66. The first kappa shape index (κ1) is 17.4. The minimum Gasteiger partial charge on any atom is -0.480 e. The normalized spacial score (nSPS) is 12.1. The molecule has 0 aliphatic rings. The van der Waals surface area contributed by atoms with Crippen molar-refractivity contribution in [2.75, 3.05) is 5.32 Å². The number of carbonyl (C=O) groups excluding carboxylic acids is 1. The van der Waals surface area contributed by atoms with Crippen LogP contribution in [0.25, 0.3) is 0 Å². The van der Waals surface area contributed by atoms with Gasteiger partial charge in [-0.25, -0.2) is 4.79 Å². The highest BCUT2D eigenvalue weighted by atomic mass is 16.4. The Morgan fingerprint density at radius 2 is 2.00 bits per heavy atom. The summed E-state index contributed by atoms with van der Waals surface area (Å²) in [5.41, 5.74) is 2.77. The minimum absolute atomic E-state index is 0.272. The number of anilines is 1. The van der Waals surface area contributed by atoms with Crippen LogP contribution in [0.1, 0.15) is 34.6 Å². The SMILES string of the molecule is Cc1nn(C)cc1Cn1cc(NC(=O)c2cnn(C(C)C(=O)O)c2)cn1. The second-order valence-corrected chi connectivity index (χ2v) is 6.02. The fraction of sp³-hybridized carbons (Fsp3) is 0.312. The smallest absolute Gasteiger partial charge is 0.328 e. The van der Waals surface area contributed by atoms with Gasteiger partial charge in [0, 0.05) is 31.2 Å². The molecule has 10 nitrogen and oxygen atoms in total. The van der Waals surface area contributed by atoms with E-state index in [-0.39, 0.29) is 11.5 Å². The molecule has 26 heavy (non-hydrogen) atoms. The highest BCUT2D eigenvalue weighted by Crippen LogP contribution is 2.13. The molecular weight excluding hydrogens is 338 g/mol. The van der Waals surface area contributed by atoms with Gasteiger partial charge in [-0.15, -0.1) is 0 Å². The average Bonchev–Trinajstić information content (AvgIpc) is 3.28. The summed E-state index contributed by atoms with van der Waals surface area (Å²) in [6.45, 7) is 3.96.